The van der Waals surface area contributed by atoms with E-state index in [0.29, 0.717) is 62.2 Å². The number of aromatic hydroxyl groups is 3. The van der Waals surface area contributed by atoms with Crippen LogP contribution in [0, 0.1) is 51.4 Å². The zero-order valence-corrected chi connectivity index (χ0v) is 85.6. The third kappa shape index (κ3) is 38.6. The maximum absolute atomic E-state index is 12.1. The Labute approximate surface area is 794 Å². The molecule has 0 radical (unpaired) electrons. The lowest BCUT2D eigenvalue weighted by Crippen LogP contribution is -2.41. The van der Waals surface area contributed by atoms with Gasteiger partial charge in [-0.2, -0.15) is 5.10 Å². The number of nitrogens with zero attached hydrogens (tertiary/aromatic N) is 8. The van der Waals surface area contributed by atoms with Crippen LogP contribution in [0.4, 0.5) is 0 Å². The molecule has 125 heavy (non-hydrogen) atoms. The van der Waals surface area contributed by atoms with E-state index in [-0.39, 0.29) is 144 Å². The van der Waals surface area contributed by atoms with Gasteiger partial charge in [-0.1, -0.05) is 22.4 Å². The minimum absolute atomic E-state index is 0.0410. The van der Waals surface area contributed by atoms with Gasteiger partial charge in [-0.05, 0) is 369 Å². The summed E-state index contributed by atoms with van der Waals surface area (Å²) < 4.78 is 62.1. The number of alkyl halides is 1. The molecule has 0 bridgehead atoms. The van der Waals surface area contributed by atoms with Gasteiger partial charge < -0.3 is 72.7 Å². The van der Waals surface area contributed by atoms with Crippen LogP contribution in [0.1, 0.15) is 233 Å². The lowest BCUT2D eigenvalue weighted by Gasteiger charge is -2.32. The lowest BCUT2D eigenvalue weighted by molar-refractivity contribution is -0.155. The van der Waals surface area contributed by atoms with Crippen LogP contribution < -0.4 is 19.7 Å². The first kappa shape index (κ1) is 109. The van der Waals surface area contributed by atoms with Gasteiger partial charge >= 0.3 is 37.0 Å². The predicted octanol–water partition coefficient (Wildman–Crippen LogP) is 19.7. The average molecular weight is 2190 g/mol. The fraction of sp³-hybridized carbons (Fsp3) is 0.573. The highest BCUT2D eigenvalue weighted by Gasteiger charge is 2.53. The third-order valence-corrected chi connectivity index (χ3v) is 23.6. The summed E-state index contributed by atoms with van der Waals surface area (Å²) in [6, 6.07) is 19.5. The monoisotopic (exact) mass is 2190 g/mol. The first-order valence-corrected chi connectivity index (χ1v) is 47.7. The number of carbonyl (C=O) groups excluding carboxylic acids is 5. The van der Waals surface area contributed by atoms with Crippen molar-refractivity contribution in [2.24, 2.45) is 30.7 Å². The Balaban J connectivity index is 0.000000260. The standard InChI is InChI=1S/C18H24BrNO5.C16H21Br2NO3.C16H22BrNO3.C11H19BN2O3.C10H18O3.C6H5Br2NO.C6H6BrNO.C6H7NO/c1-11(2)24-18(22)13-5-4-6-14(9-13)25-16-7-8-17(19)20-15(16)10-23-12(3)21;1-10(2)21-16(20)11-4-3-5-12(8-11)22-14-6-7-15(18)19-13(14)9-17;1-10(2)20-16(19)12-5-4-6-13(9-12)21-14-7-8-15(17)18-11(14)3;1-10(2)11(3,4)17-12(16-10)8-6-13-14(5)9(8)7-15;1-7(2)13-10(12)8-4-3-5-9(11)6-8;1-3-6(10)4(7)2-5(8)9-3;1-4-5(9)2-3-6(7)8-4;1-5-6(8)3-2-4-7-5/h7-8,11,13-14H,4-6,9-10H2,1-3H3;6-7,10-12H,3-5,8-9H2,1-2H3;7-8,10,12-13H,4-6,9H2,1-3H3;6,15H,7H2,1-5H3;7-9,11H,3-6H2,1-2H3;2,10H,1H3;2-3,9H,1H3;2-4,8H,1H3/t13-,14+;11-,12-;12-,13-;;8-,9+;;;/m000.0.../s1. The van der Waals surface area contributed by atoms with E-state index in [9.17, 15) is 39.3 Å². The zero-order chi connectivity index (χ0) is 93.2. The van der Waals surface area contributed by atoms with Gasteiger partial charge in [0, 0.05) is 37.2 Å². The molecule has 1 saturated heterocycles. The number of ether oxygens (including phenoxy) is 8. The number of esters is 5. The Bertz CT molecular complexity index is 4510. The van der Waals surface area contributed by atoms with Crippen LogP contribution in [-0.2, 0) is 82.6 Å². The number of carbonyl (C=O) groups is 5. The number of halogens is 7. The molecule has 7 aromatic rings. The van der Waals surface area contributed by atoms with Crippen molar-refractivity contribution in [1.29, 1.82) is 0 Å². The largest absolute Gasteiger partial charge is 0.506 e. The van der Waals surface area contributed by atoms with Crippen molar-refractivity contribution in [2.45, 2.75) is 299 Å². The van der Waals surface area contributed by atoms with Crippen molar-refractivity contribution in [2.75, 3.05) is 0 Å². The Morgan fingerprint density at radius 1 is 0.512 bits per heavy atom. The average Bonchev–Trinajstić information content (AvgIpc) is 1.61. The molecule has 5 fully saturated rings. The number of aliphatic hydroxyl groups is 2. The molecule has 0 spiro atoms. The predicted molar refractivity (Wildman–Crippen MR) is 501 cm³/mol. The summed E-state index contributed by atoms with van der Waals surface area (Å²) in [5.41, 5.74) is 4.98. The quantitative estimate of drug-likeness (QED) is 0.0165. The SMILES string of the molecule is CC(=O)OCc1nc(Br)ccc1O[C@@H]1CCC[C@H](C(=O)OC(C)C)C1.CC(C)OC(=O)[C@H]1CCC[C@@H](O)C1.CC(C)OC(=O)[C@H]1CCC[C@H](Oc2ccc(Br)nc2CBr)C1.Cc1nc(Br)cc(Br)c1O.Cc1nc(Br)ccc1O.Cc1nc(Br)ccc1O[C@H]1CCC[C@H](C(=O)OC(C)C)C1.Cc1ncccc1O.Cn1ncc(B2OC(C)(C)C(C)(C)O2)c1CO. The number of aliphatic hydroxyl groups excluding tert-OH is 2. The van der Waals surface area contributed by atoms with E-state index in [2.05, 4.69) is 147 Å². The van der Waals surface area contributed by atoms with Crippen LogP contribution in [0.2, 0.25) is 0 Å². The summed E-state index contributed by atoms with van der Waals surface area (Å²) in [6.45, 7) is 31.4. The number of hydrogen-bond donors (Lipinski definition) is 5. The lowest BCUT2D eigenvalue weighted by atomic mass is 9.79. The summed E-state index contributed by atoms with van der Waals surface area (Å²) in [6.07, 6.45) is 16.3. The van der Waals surface area contributed by atoms with E-state index in [0.717, 1.165) is 136 Å². The molecule has 690 valence electrons. The minimum Gasteiger partial charge on any atom is -0.506 e. The van der Waals surface area contributed by atoms with Crippen molar-refractivity contribution >= 4 is 154 Å². The maximum atomic E-state index is 12.1. The number of pyridine rings is 6. The fourth-order valence-corrected chi connectivity index (χ4v) is 16.4. The van der Waals surface area contributed by atoms with Gasteiger partial charge in [-0.15, -0.1) is 0 Å². The molecule has 28 nitrogen and oxygen atoms in total. The molecule has 4 aliphatic carbocycles. The van der Waals surface area contributed by atoms with Crippen LogP contribution in [0.5, 0.6) is 34.5 Å². The molecule has 0 unspecified atom stereocenters. The van der Waals surface area contributed by atoms with Crippen LogP contribution in [0.15, 0.2) is 107 Å². The summed E-state index contributed by atoms with van der Waals surface area (Å²) in [5.74, 6) is 1.65. The smallest absolute Gasteiger partial charge is 0.498 e. The normalized spacial score (nSPS) is 19.7. The summed E-state index contributed by atoms with van der Waals surface area (Å²) in [5, 5.41) is 50.5. The number of aromatic nitrogens is 8. The second-order valence-electron chi connectivity index (χ2n) is 32.7. The number of hydrogen-bond acceptors (Lipinski definition) is 27. The first-order valence-electron chi connectivity index (χ1n) is 41.8. The highest BCUT2D eigenvalue weighted by molar-refractivity contribution is 9.11. The van der Waals surface area contributed by atoms with E-state index in [4.69, 9.17) is 57.4 Å². The number of rotatable bonds is 19. The second-order valence-corrected chi connectivity index (χ2v) is 38.2. The van der Waals surface area contributed by atoms with Gasteiger partial charge in [0.1, 0.15) is 64.1 Å². The van der Waals surface area contributed by atoms with Crippen LogP contribution in [-0.4, -0.2) is 162 Å². The summed E-state index contributed by atoms with van der Waals surface area (Å²) in [4.78, 5) is 83.5. The van der Waals surface area contributed by atoms with E-state index in [1.165, 1.54) is 6.92 Å². The van der Waals surface area contributed by atoms with Gasteiger partial charge in [0.25, 0.3) is 0 Å². The Hall–Kier alpha value is -6.48. The Morgan fingerprint density at radius 2 is 0.904 bits per heavy atom. The molecule has 5 N–H and O–H groups in total. The van der Waals surface area contributed by atoms with Gasteiger partial charge in [-0.3, -0.25) is 33.6 Å². The van der Waals surface area contributed by atoms with E-state index in [1.54, 1.807) is 87.4 Å². The minimum atomic E-state index is -0.462. The van der Waals surface area contributed by atoms with Crippen LogP contribution >= 0.6 is 112 Å². The fourth-order valence-electron chi connectivity index (χ4n) is 13.2. The first-order chi connectivity index (χ1) is 58.8. The molecule has 8 atom stereocenters. The molecule has 7 aromatic heterocycles. The van der Waals surface area contributed by atoms with Crippen molar-refractivity contribution in [3.05, 3.63) is 146 Å². The summed E-state index contributed by atoms with van der Waals surface area (Å²) in [7, 11) is 1.33. The molecule has 1 aliphatic heterocycles. The Kier molecular flexibility index (Phi) is 47.3. The molecule has 4 saturated carbocycles. The molecule has 0 amide bonds. The molecule has 36 heteroatoms. The van der Waals surface area contributed by atoms with E-state index in [1.807, 2.05) is 114 Å². The molecule has 8 heterocycles. The number of aryl methyl sites for hydroxylation is 5. The molecule has 5 aliphatic rings. The van der Waals surface area contributed by atoms with Gasteiger partial charge in [0.2, 0.25) is 0 Å². The molecular weight excluding hydrogens is 2070 g/mol. The molecule has 12 rings (SSSR count). The van der Waals surface area contributed by atoms with Crippen molar-refractivity contribution < 1.29 is 96.7 Å². The van der Waals surface area contributed by atoms with Crippen LogP contribution in [0.25, 0.3) is 0 Å². The maximum Gasteiger partial charge on any atom is 0.498 e. The van der Waals surface area contributed by atoms with Crippen molar-refractivity contribution in [3.8, 4) is 34.5 Å². The molecular formula is C89H122BBr7N8O20. The zero-order valence-electron chi connectivity index (χ0n) is 74.5. The van der Waals surface area contributed by atoms with Crippen molar-refractivity contribution in [3.63, 3.8) is 0 Å². The third-order valence-electron chi connectivity index (χ3n) is 20.3. The van der Waals surface area contributed by atoms with Gasteiger partial charge in [0.05, 0.1) is 129 Å². The van der Waals surface area contributed by atoms with Gasteiger partial charge in [-0.25, -0.2) is 24.9 Å². The van der Waals surface area contributed by atoms with Crippen LogP contribution in [0.3, 0.4) is 0 Å². The van der Waals surface area contributed by atoms with Gasteiger partial charge in [0.15, 0.2) is 5.75 Å². The van der Waals surface area contributed by atoms with E-state index < -0.39 is 7.12 Å². The summed E-state index contributed by atoms with van der Waals surface area (Å²) >= 11 is 23.0. The topological polar surface area (TPSA) is 374 Å². The Morgan fingerprint density at radius 3 is 1.29 bits per heavy atom. The van der Waals surface area contributed by atoms with Crippen molar-refractivity contribution in [1.82, 2.24) is 39.7 Å². The highest BCUT2D eigenvalue weighted by Crippen LogP contribution is 2.39. The van der Waals surface area contributed by atoms with E-state index >= 15 is 0 Å². The highest BCUT2D eigenvalue weighted by atomic mass is 79.9. The molecule has 0 aromatic carbocycles. The second kappa shape index (κ2) is 54.2.